The first-order valence-electron chi connectivity index (χ1n) is 4.37. The lowest BCUT2D eigenvalue weighted by Crippen LogP contribution is -2.35. The van der Waals surface area contributed by atoms with Crippen molar-refractivity contribution in [1.82, 2.24) is 0 Å². The molecule has 0 unspecified atom stereocenters. The maximum absolute atomic E-state index is 11.5. The number of hydrogen-bond donors (Lipinski definition) is 0. The largest absolute Gasteiger partial charge is 0.245 e. The van der Waals surface area contributed by atoms with Crippen LogP contribution >= 0.6 is 0 Å². The van der Waals surface area contributed by atoms with Gasteiger partial charge in [-0.15, -0.1) is 0 Å². The van der Waals surface area contributed by atoms with Gasteiger partial charge in [-0.05, 0) is 12.1 Å². The third-order valence-corrected chi connectivity index (χ3v) is 5.05. The molecule has 0 fully saturated rings. The summed E-state index contributed by atoms with van der Waals surface area (Å²) in [5.74, 6) is 0. The lowest BCUT2D eigenvalue weighted by molar-refractivity contribution is 0.590. The maximum Gasteiger partial charge on any atom is 0.245 e. The fourth-order valence-corrected chi connectivity index (χ4v) is 4.33. The Balaban J connectivity index is 3.63. The van der Waals surface area contributed by atoms with Crippen molar-refractivity contribution >= 4 is 25.7 Å². The van der Waals surface area contributed by atoms with E-state index in [1.54, 1.807) is 6.07 Å². The van der Waals surface area contributed by atoms with Crippen molar-refractivity contribution in [2.45, 2.75) is 0 Å². The second kappa shape index (κ2) is 4.35. The summed E-state index contributed by atoms with van der Waals surface area (Å²) in [5.41, 5.74) is -0.191. The molecule has 6 nitrogen and oxygen atoms in total. The normalized spacial score (nSPS) is 11.8. The van der Waals surface area contributed by atoms with E-state index >= 15 is 0 Å². The first-order valence-corrected chi connectivity index (χ1v) is 8.07. The molecule has 0 aromatic heterocycles. The molecule has 92 valence electrons. The lowest BCUT2D eigenvalue weighted by Gasteiger charge is -2.20. The minimum absolute atomic E-state index is 0.0247. The highest BCUT2D eigenvalue weighted by Gasteiger charge is 2.29. The molecule has 0 aliphatic carbocycles. The predicted molar refractivity (Wildman–Crippen MR) is 63.3 cm³/mol. The van der Waals surface area contributed by atoms with Crippen molar-refractivity contribution in [2.75, 3.05) is 16.2 Å². The van der Waals surface area contributed by atoms with Crippen molar-refractivity contribution in [1.29, 1.82) is 5.26 Å². The van der Waals surface area contributed by atoms with Crippen LogP contribution in [0.15, 0.2) is 24.3 Å². The van der Waals surface area contributed by atoms with Crippen LogP contribution in [0.3, 0.4) is 0 Å². The zero-order chi connectivity index (χ0) is 13.3. The minimum Gasteiger partial charge on any atom is -0.206 e. The molecule has 1 aromatic carbocycles. The molecule has 1 rings (SSSR count). The van der Waals surface area contributed by atoms with Gasteiger partial charge < -0.3 is 0 Å². The molecular weight excluding hydrogens is 264 g/mol. The number of hydrogen-bond acceptors (Lipinski definition) is 5. The Morgan fingerprint density at radius 3 is 1.94 bits per heavy atom. The Morgan fingerprint density at radius 2 is 1.53 bits per heavy atom. The Hall–Kier alpha value is -1.59. The zero-order valence-electron chi connectivity index (χ0n) is 9.15. The molecule has 0 bridgehead atoms. The first kappa shape index (κ1) is 13.5. The zero-order valence-corrected chi connectivity index (χ0v) is 10.8. The van der Waals surface area contributed by atoms with Crippen LogP contribution in [0.5, 0.6) is 0 Å². The Labute approximate surface area is 100 Å². The molecule has 0 saturated heterocycles. The van der Waals surface area contributed by atoms with Gasteiger partial charge in [-0.3, -0.25) is 0 Å². The van der Waals surface area contributed by atoms with Gasteiger partial charge in [0.1, 0.15) is 6.07 Å². The number of benzene rings is 1. The summed E-state index contributed by atoms with van der Waals surface area (Å²) in [4.78, 5) is 0. The SMILES string of the molecule is CS(=O)(=O)N(c1ccccc1C#N)S(C)(=O)=O. The molecule has 0 radical (unpaired) electrons. The van der Waals surface area contributed by atoms with Gasteiger partial charge in [-0.2, -0.15) is 8.97 Å². The van der Waals surface area contributed by atoms with Gasteiger partial charge in [0, 0.05) is 0 Å². The van der Waals surface area contributed by atoms with Gasteiger partial charge in [0.2, 0.25) is 20.0 Å². The number of rotatable bonds is 3. The molecule has 0 saturated carbocycles. The number of nitriles is 1. The van der Waals surface area contributed by atoms with Gasteiger partial charge in [0.05, 0.1) is 23.8 Å². The monoisotopic (exact) mass is 274 g/mol. The molecule has 0 N–H and O–H groups in total. The summed E-state index contributed by atoms with van der Waals surface area (Å²) in [6.45, 7) is 0. The smallest absolute Gasteiger partial charge is 0.206 e. The van der Waals surface area contributed by atoms with Crippen molar-refractivity contribution in [3.8, 4) is 6.07 Å². The van der Waals surface area contributed by atoms with E-state index in [2.05, 4.69) is 0 Å². The van der Waals surface area contributed by atoms with Gasteiger partial charge in [0.15, 0.2) is 0 Å². The standard InChI is InChI=1S/C9H10N2O4S2/c1-16(12,13)11(17(2,14)15)9-6-4-3-5-8(9)7-10/h3-6H,1-2H3. The predicted octanol–water partition coefficient (Wildman–Crippen LogP) is 0.284. The second-order valence-electron chi connectivity index (χ2n) is 3.35. The number of anilines is 1. The fourth-order valence-electron chi connectivity index (χ4n) is 1.33. The number of sulfonamides is 2. The number of para-hydroxylation sites is 1. The topological polar surface area (TPSA) is 95.3 Å². The van der Waals surface area contributed by atoms with E-state index in [9.17, 15) is 16.8 Å². The van der Waals surface area contributed by atoms with Gasteiger partial charge >= 0.3 is 0 Å². The highest BCUT2D eigenvalue weighted by atomic mass is 32.3. The average molecular weight is 274 g/mol. The highest BCUT2D eigenvalue weighted by molar-refractivity contribution is 8.09. The summed E-state index contributed by atoms with van der Waals surface area (Å²) >= 11 is 0. The van der Waals surface area contributed by atoms with Crippen molar-refractivity contribution < 1.29 is 16.8 Å². The van der Waals surface area contributed by atoms with E-state index in [1.807, 2.05) is 0 Å². The molecule has 0 atom stereocenters. The summed E-state index contributed by atoms with van der Waals surface area (Å²) in [6.07, 6.45) is 1.53. The van der Waals surface area contributed by atoms with E-state index in [1.165, 1.54) is 24.3 Å². The maximum atomic E-state index is 11.5. The molecule has 17 heavy (non-hydrogen) atoms. The van der Waals surface area contributed by atoms with E-state index in [0.29, 0.717) is 0 Å². The van der Waals surface area contributed by atoms with Crippen molar-refractivity contribution in [2.24, 2.45) is 0 Å². The van der Waals surface area contributed by atoms with Crippen molar-refractivity contribution in [3.05, 3.63) is 29.8 Å². The Kier molecular flexibility index (Phi) is 3.45. The fraction of sp³-hybridized carbons (Fsp3) is 0.222. The third kappa shape index (κ3) is 2.95. The molecule has 0 spiro atoms. The van der Waals surface area contributed by atoms with E-state index in [0.717, 1.165) is 12.5 Å². The molecule has 0 amide bonds. The van der Waals surface area contributed by atoms with Crippen LogP contribution in [-0.4, -0.2) is 29.3 Å². The molecule has 0 aliphatic rings. The number of nitrogens with zero attached hydrogens (tertiary/aromatic N) is 2. The van der Waals surface area contributed by atoms with E-state index in [4.69, 9.17) is 5.26 Å². The first-order chi connectivity index (χ1) is 7.68. The summed E-state index contributed by atoms with van der Waals surface area (Å²) in [6, 6.07) is 7.34. The van der Waals surface area contributed by atoms with Crippen LogP contribution in [0, 0.1) is 11.3 Å². The van der Waals surface area contributed by atoms with Crippen LogP contribution in [0.1, 0.15) is 5.56 Å². The molecular formula is C9H10N2O4S2. The van der Waals surface area contributed by atoms with Crippen LogP contribution < -0.4 is 3.71 Å². The summed E-state index contributed by atoms with van der Waals surface area (Å²) in [7, 11) is -8.03. The van der Waals surface area contributed by atoms with Gasteiger partial charge in [-0.1, -0.05) is 12.1 Å². The van der Waals surface area contributed by atoms with E-state index in [-0.39, 0.29) is 15.0 Å². The molecule has 0 aliphatic heterocycles. The molecule has 0 heterocycles. The summed E-state index contributed by atoms with van der Waals surface area (Å²) < 4.78 is 46.2. The average Bonchev–Trinajstić information content (AvgIpc) is 2.14. The van der Waals surface area contributed by atoms with Gasteiger partial charge in [0.25, 0.3) is 0 Å². The quantitative estimate of drug-likeness (QED) is 0.789. The van der Waals surface area contributed by atoms with Crippen LogP contribution in [0.2, 0.25) is 0 Å². The lowest BCUT2D eigenvalue weighted by atomic mass is 10.2. The Bertz CT molecular complexity index is 639. The van der Waals surface area contributed by atoms with Gasteiger partial charge in [-0.25, -0.2) is 16.8 Å². The molecule has 8 heteroatoms. The van der Waals surface area contributed by atoms with Crippen molar-refractivity contribution in [3.63, 3.8) is 0 Å². The van der Waals surface area contributed by atoms with E-state index < -0.39 is 20.0 Å². The third-order valence-electron chi connectivity index (χ3n) is 1.82. The van der Waals surface area contributed by atoms with Crippen LogP contribution in [0.25, 0.3) is 0 Å². The molecule has 1 aromatic rings. The highest BCUT2D eigenvalue weighted by Crippen LogP contribution is 2.24. The summed E-state index contributed by atoms with van der Waals surface area (Å²) in [5, 5.41) is 8.83. The Morgan fingerprint density at radius 1 is 1.06 bits per heavy atom. The second-order valence-corrected chi connectivity index (χ2v) is 7.25. The minimum atomic E-state index is -4.01. The van der Waals surface area contributed by atoms with Crippen LogP contribution in [0.4, 0.5) is 5.69 Å². The van der Waals surface area contributed by atoms with Crippen LogP contribution in [-0.2, 0) is 20.0 Å².